The summed E-state index contributed by atoms with van der Waals surface area (Å²) in [6.07, 6.45) is 2.54. The van der Waals surface area contributed by atoms with Crippen LogP contribution in [0.3, 0.4) is 0 Å². The Morgan fingerprint density at radius 1 is 1.18 bits per heavy atom. The van der Waals surface area contributed by atoms with Crippen molar-refractivity contribution >= 4 is 32.3 Å². The Morgan fingerprint density at radius 3 is 2.44 bits per heavy atom. The molecular weight excluding hydrogens is 463 g/mol. The molecule has 2 aromatic carbocycles. The molecule has 0 saturated heterocycles. The number of thiazole rings is 1. The summed E-state index contributed by atoms with van der Waals surface area (Å²) in [5, 5.41) is 18.4. The van der Waals surface area contributed by atoms with Crippen molar-refractivity contribution in [3.63, 3.8) is 0 Å². The quantitative estimate of drug-likeness (QED) is 0.225. The largest absolute Gasteiger partial charge is 0.488 e. The third-order valence-corrected chi connectivity index (χ3v) is 6.79. The molecule has 0 radical (unpaired) electrons. The summed E-state index contributed by atoms with van der Waals surface area (Å²) in [5.74, 6) is 1.56. The third-order valence-electron chi connectivity index (χ3n) is 5.42. The molecule has 0 aliphatic carbocycles. The number of nitrogens with zero attached hydrogens (tertiary/aromatic N) is 1. The Bertz CT molecular complexity index is 1150. The second-order valence-electron chi connectivity index (χ2n) is 8.65. The minimum absolute atomic E-state index is 0.130. The molecule has 7 heteroatoms. The first-order chi connectivity index (χ1) is 16.3. The van der Waals surface area contributed by atoms with Crippen LogP contribution in [0.2, 0.25) is 0 Å². The minimum Gasteiger partial charge on any atom is -0.488 e. The Kier molecular flexibility index (Phi) is 9.14. The number of aliphatic carboxylic acids is 1. The Labute approximate surface area is 207 Å². The number of carboxylic acid groups (broad SMARTS) is 1. The van der Waals surface area contributed by atoms with E-state index in [0.29, 0.717) is 18.3 Å². The molecule has 0 fully saturated rings. The lowest BCUT2D eigenvalue weighted by molar-refractivity contribution is -0.137. The first-order valence-corrected chi connectivity index (χ1v) is 12.7. The van der Waals surface area contributed by atoms with Gasteiger partial charge in [-0.3, -0.25) is 4.79 Å². The van der Waals surface area contributed by atoms with E-state index in [-0.39, 0.29) is 12.1 Å². The number of aromatic nitrogens is 1. The molecule has 34 heavy (non-hydrogen) atoms. The monoisotopic (exact) mass is 494 g/mol. The number of allylic oxidation sites excluding steroid dienone is 1. The van der Waals surface area contributed by atoms with Crippen molar-refractivity contribution in [1.82, 2.24) is 4.98 Å². The van der Waals surface area contributed by atoms with Crippen LogP contribution in [0.4, 0.5) is 0 Å². The molecule has 0 saturated carbocycles. The number of hydrogen-bond donors (Lipinski definition) is 2. The van der Waals surface area contributed by atoms with Gasteiger partial charge in [0.1, 0.15) is 17.4 Å². The van der Waals surface area contributed by atoms with Crippen LogP contribution in [-0.4, -0.2) is 21.8 Å². The van der Waals surface area contributed by atoms with E-state index in [2.05, 4.69) is 47.4 Å². The van der Waals surface area contributed by atoms with E-state index in [4.69, 9.17) is 15.1 Å². The molecule has 0 spiro atoms. The predicted molar refractivity (Wildman–Crippen MR) is 143 cm³/mol. The smallest absolute Gasteiger partial charge is 0.304 e. The maximum absolute atomic E-state index is 11.3. The van der Waals surface area contributed by atoms with Crippen LogP contribution in [0.25, 0.3) is 10.6 Å². The van der Waals surface area contributed by atoms with Gasteiger partial charge in [-0.1, -0.05) is 56.1 Å². The normalized spacial score (nSPS) is 12.3. The van der Waals surface area contributed by atoms with Crippen LogP contribution in [0.5, 0.6) is 5.75 Å². The number of rotatable bonds is 11. The maximum atomic E-state index is 11.3. The summed E-state index contributed by atoms with van der Waals surface area (Å²) < 4.78 is 5.99. The van der Waals surface area contributed by atoms with Crippen LogP contribution in [0.15, 0.2) is 60.4 Å². The van der Waals surface area contributed by atoms with Gasteiger partial charge in [-0.15, -0.1) is 20.6 Å². The van der Waals surface area contributed by atoms with Gasteiger partial charge in [-0.2, -0.15) is 0 Å². The van der Waals surface area contributed by atoms with E-state index in [9.17, 15) is 9.90 Å². The van der Waals surface area contributed by atoms with E-state index >= 15 is 0 Å². The van der Waals surface area contributed by atoms with Gasteiger partial charge in [0, 0.05) is 17.2 Å². The molecule has 5 nitrogen and oxygen atoms in total. The van der Waals surface area contributed by atoms with Gasteiger partial charge in [-0.05, 0) is 48.6 Å². The molecule has 2 N–H and O–H groups in total. The molecule has 1 aromatic heterocycles. The van der Waals surface area contributed by atoms with E-state index in [1.165, 1.54) is 5.56 Å². The van der Waals surface area contributed by atoms with Gasteiger partial charge in [0.2, 0.25) is 0 Å². The molecule has 3 aromatic rings. The summed E-state index contributed by atoms with van der Waals surface area (Å²) in [6.45, 7) is 6.86. The van der Waals surface area contributed by atoms with Crippen molar-refractivity contribution in [3.05, 3.63) is 82.1 Å². The molecule has 1 heterocycles. The predicted octanol–water partition coefficient (Wildman–Crippen LogP) is 6.86. The lowest BCUT2D eigenvalue weighted by atomic mass is 9.91. The van der Waals surface area contributed by atoms with Crippen molar-refractivity contribution in [2.45, 2.75) is 46.1 Å². The van der Waals surface area contributed by atoms with Gasteiger partial charge < -0.3 is 15.3 Å². The van der Waals surface area contributed by atoms with Crippen LogP contribution in [0, 0.1) is 18.3 Å². The Morgan fingerprint density at radius 2 is 1.85 bits per heavy atom. The highest BCUT2D eigenvalue weighted by molar-refractivity contribution is 7.20. The van der Waals surface area contributed by atoms with E-state index in [0.717, 1.165) is 33.1 Å². The number of ether oxygens (including phenoxy) is 1. The highest BCUT2D eigenvalue weighted by Gasteiger charge is 2.19. The average Bonchev–Trinajstić information content (AvgIpc) is 3.17. The zero-order valence-corrected chi connectivity index (χ0v) is 21.7. The number of benzene rings is 2. The fourth-order valence-corrected chi connectivity index (χ4v) is 4.88. The molecular formula is C27H31N2O3PS. The number of nitrogens with one attached hydrogen (secondary N) is 1. The molecule has 0 aliphatic heterocycles. The SMILES string of the molecule is Cc1nc(-c2ccc(CC(C)C)cc2)sc1COc1ccc([C@H](CC(=O)O)C(=N)/C=C\P)cc1. The third kappa shape index (κ3) is 7.09. The van der Waals surface area contributed by atoms with Crippen molar-refractivity contribution < 1.29 is 14.6 Å². The second kappa shape index (κ2) is 12.0. The zero-order chi connectivity index (χ0) is 24.7. The number of carbonyl (C=O) groups is 1. The zero-order valence-electron chi connectivity index (χ0n) is 19.7. The van der Waals surface area contributed by atoms with Gasteiger partial charge in [0.05, 0.1) is 17.0 Å². The van der Waals surface area contributed by atoms with Gasteiger partial charge in [0.15, 0.2) is 0 Å². The minimum atomic E-state index is -0.932. The lowest BCUT2D eigenvalue weighted by Gasteiger charge is -2.15. The van der Waals surface area contributed by atoms with E-state index < -0.39 is 11.9 Å². The summed E-state index contributed by atoms with van der Waals surface area (Å²) in [5.41, 5.74) is 4.45. The standard InChI is InChI=1S/C27H31N2O3PS/c1-17(2)14-19-4-6-21(7-5-19)27-29-18(3)25(34-27)16-32-22-10-8-20(9-11-22)23(15-26(30)31)24(28)12-13-33/h4-13,17,23,28H,14-16,33H2,1-3H3,(H,30,31)/b13-12-,28-24?/t23-/m0/s1. The van der Waals surface area contributed by atoms with E-state index in [1.807, 2.05) is 31.2 Å². The fourth-order valence-electron chi connectivity index (χ4n) is 3.69. The number of hydrogen-bond acceptors (Lipinski definition) is 5. The first kappa shape index (κ1) is 25.8. The van der Waals surface area contributed by atoms with Crippen LogP contribution < -0.4 is 4.74 Å². The van der Waals surface area contributed by atoms with Crippen molar-refractivity contribution in [2.24, 2.45) is 5.92 Å². The molecule has 3 rings (SSSR count). The Balaban J connectivity index is 1.67. The molecule has 2 atom stereocenters. The van der Waals surface area contributed by atoms with Crippen LogP contribution >= 0.6 is 20.6 Å². The number of carboxylic acids is 1. The lowest BCUT2D eigenvalue weighted by Crippen LogP contribution is -2.14. The van der Waals surface area contributed by atoms with Gasteiger partial charge in [-0.25, -0.2) is 4.98 Å². The molecule has 0 bridgehead atoms. The van der Waals surface area contributed by atoms with Crippen LogP contribution in [-0.2, 0) is 17.8 Å². The molecule has 178 valence electrons. The first-order valence-electron chi connectivity index (χ1n) is 11.2. The summed E-state index contributed by atoms with van der Waals surface area (Å²) in [4.78, 5) is 17.1. The summed E-state index contributed by atoms with van der Waals surface area (Å²) >= 11 is 1.64. The van der Waals surface area contributed by atoms with Crippen molar-refractivity contribution in [1.29, 1.82) is 5.41 Å². The van der Waals surface area contributed by atoms with Crippen molar-refractivity contribution in [3.8, 4) is 16.3 Å². The maximum Gasteiger partial charge on any atom is 0.304 e. The number of aryl methyl sites for hydroxylation is 1. The Hall–Kier alpha value is -2.82. The van der Waals surface area contributed by atoms with Gasteiger partial charge in [0.25, 0.3) is 0 Å². The fraction of sp³-hybridized carbons (Fsp3) is 0.296. The second-order valence-corrected chi connectivity index (χ2v) is 10.1. The average molecular weight is 495 g/mol. The summed E-state index contributed by atoms with van der Waals surface area (Å²) in [7, 11) is 2.41. The molecule has 0 amide bonds. The van der Waals surface area contributed by atoms with E-state index in [1.54, 1.807) is 23.2 Å². The van der Waals surface area contributed by atoms with Gasteiger partial charge >= 0.3 is 5.97 Å². The molecule has 1 unspecified atom stereocenters. The topological polar surface area (TPSA) is 83.3 Å². The van der Waals surface area contributed by atoms with Crippen LogP contribution in [0.1, 0.15) is 47.9 Å². The summed E-state index contributed by atoms with van der Waals surface area (Å²) in [6, 6.07) is 15.9. The highest BCUT2D eigenvalue weighted by atomic mass is 32.1. The highest BCUT2D eigenvalue weighted by Crippen LogP contribution is 2.30. The molecule has 0 aliphatic rings. The van der Waals surface area contributed by atoms with Crippen molar-refractivity contribution in [2.75, 3.05) is 0 Å².